The molecule has 8 heteroatoms. The lowest BCUT2D eigenvalue weighted by atomic mass is 9.92. The molecule has 0 aromatic carbocycles. The summed E-state index contributed by atoms with van der Waals surface area (Å²) in [4.78, 5) is 27.8. The lowest BCUT2D eigenvalue weighted by Crippen LogP contribution is -2.37. The first-order chi connectivity index (χ1) is 10.2. The van der Waals surface area contributed by atoms with E-state index in [9.17, 15) is 9.59 Å². The summed E-state index contributed by atoms with van der Waals surface area (Å²) in [5.74, 6) is -0.125. The van der Waals surface area contributed by atoms with Crippen molar-refractivity contribution in [1.29, 1.82) is 0 Å². The Labute approximate surface area is 148 Å². The highest BCUT2D eigenvalue weighted by molar-refractivity contribution is 5.95. The molecule has 3 rings (SSSR count). The fourth-order valence-electron chi connectivity index (χ4n) is 3.13. The fraction of sp³-hybridized carbons (Fsp3) is 0.533. The van der Waals surface area contributed by atoms with Gasteiger partial charge in [-0.15, -0.1) is 24.8 Å². The smallest absolute Gasteiger partial charge is 0.243 e. The molecule has 1 aromatic heterocycles. The van der Waals surface area contributed by atoms with E-state index in [1.54, 1.807) is 24.5 Å². The third kappa shape index (κ3) is 4.80. The Morgan fingerprint density at radius 2 is 2.04 bits per heavy atom. The first-order valence-electron chi connectivity index (χ1n) is 7.38. The molecule has 1 aliphatic carbocycles. The Morgan fingerprint density at radius 3 is 2.70 bits per heavy atom. The first-order valence-corrected chi connectivity index (χ1v) is 7.38. The van der Waals surface area contributed by atoms with Crippen molar-refractivity contribution >= 4 is 42.3 Å². The minimum absolute atomic E-state index is 0. The van der Waals surface area contributed by atoms with Crippen molar-refractivity contribution < 1.29 is 9.59 Å². The number of carbonyl (C=O) groups excluding carboxylic acids is 2. The number of aromatic nitrogens is 1. The van der Waals surface area contributed by atoms with E-state index in [1.807, 2.05) is 0 Å². The molecule has 1 aliphatic heterocycles. The van der Waals surface area contributed by atoms with Crippen molar-refractivity contribution in [3.8, 4) is 0 Å². The largest absolute Gasteiger partial charge is 0.347 e. The molecule has 0 radical (unpaired) electrons. The Morgan fingerprint density at radius 1 is 1.30 bits per heavy atom. The van der Waals surface area contributed by atoms with Crippen molar-refractivity contribution in [2.75, 3.05) is 25.0 Å². The second kappa shape index (κ2) is 8.47. The normalized spacial score (nSPS) is 20.6. The van der Waals surface area contributed by atoms with Crippen LogP contribution in [0.1, 0.15) is 19.3 Å². The molecule has 3 N–H and O–H groups in total. The molecule has 1 aromatic rings. The number of carbonyl (C=O) groups is 2. The zero-order valence-corrected chi connectivity index (χ0v) is 14.3. The van der Waals surface area contributed by atoms with Crippen LogP contribution in [-0.2, 0) is 9.59 Å². The summed E-state index contributed by atoms with van der Waals surface area (Å²) < 4.78 is 0. The third-order valence-corrected chi connectivity index (χ3v) is 4.47. The number of anilines is 1. The Balaban J connectivity index is 0.00000132. The molecule has 1 saturated heterocycles. The van der Waals surface area contributed by atoms with Crippen LogP contribution in [0.4, 0.5) is 5.69 Å². The van der Waals surface area contributed by atoms with Gasteiger partial charge in [-0.25, -0.2) is 0 Å². The van der Waals surface area contributed by atoms with Crippen molar-refractivity contribution in [3.05, 3.63) is 24.5 Å². The summed E-state index contributed by atoms with van der Waals surface area (Å²) in [6.45, 7) is 2.00. The van der Waals surface area contributed by atoms with Gasteiger partial charge in [0.15, 0.2) is 0 Å². The predicted molar refractivity (Wildman–Crippen MR) is 93.0 cm³/mol. The Hall–Kier alpha value is -1.37. The molecule has 1 atom stereocenters. The Kier molecular flexibility index (Phi) is 7.25. The van der Waals surface area contributed by atoms with Gasteiger partial charge < -0.3 is 16.0 Å². The summed E-state index contributed by atoms with van der Waals surface area (Å²) in [7, 11) is 0. The number of piperidine rings is 1. The summed E-state index contributed by atoms with van der Waals surface area (Å²) in [5.41, 5.74) is 0.841. The maximum absolute atomic E-state index is 12.1. The van der Waals surface area contributed by atoms with Crippen molar-refractivity contribution in [2.45, 2.75) is 19.3 Å². The van der Waals surface area contributed by atoms with Gasteiger partial charge in [-0.05, 0) is 49.9 Å². The number of hydrogen-bond donors (Lipinski definition) is 3. The van der Waals surface area contributed by atoms with E-state index in [1.165, 1.54) is 0 Å². The summed E-state index contributed by atoms with van der Waals surface area (Å²) >= 11 is 0. The van der Waals surface area contributed by atoms with E-state index in [4.69, 9.17) is 0 Å². The van der Waals surface area contributed by atoms with Gasteiger partial charge in [-0.2, -0.15) is 0 Å². The zero-order chi connectivity index (χ0) is 14.7. The minimum atomic E-state index is -0.226. The van der Waals surface area contributed by atoms with Crippen LogP contribution in [0.2, 0.25) is 0 Å². The van der Waals surface area contributed by atoms with Crippen molar-refractivity contribution in [3.63, 3.8) is 0 Å². The van der Waals surface area contributed by atoms with Gasteiger partial charge in [0.2, 0.25) is 11.8 Å². The van der Waals surface area contributed by atoms with E-state index < -0.39 is 0 Å². The van der Waals surface area contributed by atoms with E-state index in [0.717, 1.165) is 32.4 Å². The van der Waals surface area contributed by atoms with Crippen LogP contribution >= 0.6 is 24.8 Å². The molecule has 2 amide bonds. The van der Waals surface area contributed by atoms with Gasteiger partial charge in [0.05, 0.1) is 18.4 Å². The standard InChI is InChI=1S/C15H20N4O2.2ClH/c20-13(19-11-2-1-5-17-9-11)10-18-14(21)12-8-15(12)3-6-16-7-4-15;;/h1-2,5,9,12,16H,3-4,6-8,10H2,(H,18,21)(H,19,20);2*1H. The fourth-order valence-corrected chi connectivity index (χ4v) is 3.13. The number of halogens is 2. The maximum Gasteiger partial charge on any atom is 0.243 e. The molecule has 6 nitrogen and oxygen atoms in total. The van der Waals surface area contributed by atoms with Crippen LogP contribution in [0.25, 0.3) is 0 Å². The van der Waals surface area contributed by atoms with Crippen molar-refractivity contribution in [2.24, 2.45) is 11.3 Å². The van der Waals surface area contributed by atoms with E-state index >= 15 is 0 Å². The number of nitrogens with zero attached hydrogens (tertiary/aromatic N) is 1. The predicted octanol–water partition coefficient (Wildman–Crippen LogP) is 1.37. The highest BCUT2D eigenvalue weighted by Gasteiger charge is 2.57. The number of rotatable bonds is 4. The average molecular weight is 361 g/mol. The van der Waals surface area contributed by atoms with E-state index in [2.05, 4.69) is 20.9 Å². The van der Waals surface area contributed by atoms with Crippen LogP contribution in [0.15, 0.2) is 24.5 Å². The van der Waals surface area contributed by atoms with Crippen LogP contribution in [-0.4, -0.2) is 36.4 Å². The second-order valence-electron chi connectivity index (χ2n) is 5.88. The molecule has 0 bridgehead atoms. The molecule has 2 fully saturated rings. The lowest BCUT2D eigenvalue weighted by molar-refractivity contribution is -0.125. The van der Waals surface area contributed by atoms with Gasteiger partial charge in [0.1, 0.15) is 0 Å². The minimum Gasteiger partial charge on any atom is -0.347 e. The SMILES string of the molecule is Cl.Cl.O=C(CNC(=O)C1CC12CCNCC2)Nc1cccnc1. The summed E-state index contributed by atoms with van der Waals surface area (Å²) in [5, 5.41) is 8.76. The second-order valence-corrected chi connectivity index (χ2v) is 5.88. The maximum atomic E-state index is 12.1. The zero-order valence-electron chi connectivity index (χ0n) is 12.7. The third-order valence-electron chi connectivity index (χ3n) is 4.47. The molecule has 2 aliphatic rings. The molecule has 128 valence electrons. The molecule has 23 heavy (non-hydrogen) atoms. The van der Waals surface area contributed by atoms with Gasteiger partial charge in [0, 0.05) is 12.1 Å². The molecule has 1 spiro atoms. The Bertz CT molecular complexity index is 536. The van der Waals surface area contributed by atoms with Gasteiger partial charge >= 0.3 is 0 Å². The number of amides is 2. The van der Waals surface area contributed by atoms with Gasteiger partial charge in [0.25, 0.3) is 0 Å². The molecular weight excluding hydrogens is 339 g/mol. The average Bonchev–Trinajstić information content (AvgIpc) is 3.20. The van der Waals surface area contributed by atoms with Gasteiger partial charge in [-0.3, -0.25) is 14.6 Å². The van der Waals surface area contributed by atoms with Crippen LogP contribution in [0.3, 0.4) is 0 Å². The van der Waals surface area contributed by atoms with Crippen LogP contribution < -0.4 is 16.0 Å². The summed E-state index contributed by atoms with van der Waals surface area (Å²) in [6.07, 6.45) is 6.30. The molecular formula is C15H22Cl2N4O2. The monoisotopic (exact) mass is 360 g/mol. The van der Waals surface area contributed by atoms with E-state index in [0.29, 0.717) is 5.69 Å². The molecule has 1 unspecified atom stereocenters. The lowest BCUT2D eigenvalue weighted by Gasteiger charge is -2.23. The highest BCUT2D eigenvalue weighted by atomic mass is 35.5. The highest BCUT2D eigenvalue weighted by Crippen LogP contribution is 2.58. The number of pyridine rings is 1. The quantitative estimate of drug-likeness (QED) is 0.757. The summed E-state index contributed by atoms with van der Waals surface area (Å²) in [6, 6.07) is 3.51. The molecule has 2 heterocycles. The van der Waals surface area contributed by atoms with Crippen molar-refractivity contribution in [1.82, 2.24) is 15.6 Å². The number of nitrogens with one attached hydrogen (secondary N) is 3. The molecule has 1 saturated carbocycles. The van der Waals surface area contributed by atoms with Crippen LogP contribution in [0.5, 0.6) is 0 Å². The van der Waals surface area contributed by atoms with Crippen LogP contribution in [0, 0.1) is 11.3 Å². The van der Waals surface area contributed by atoms with Gasteiger partial charge in [-0.1, -0.05) is 0 Å². The number of hydrogen-bond acceptors (Lipinski definition) is 4. The van der Waals surface area contributed by atoms with E-state index in [-0.39, 0.29) is 54.5 Å². The topological polar surface area (TPSA) is 83.1 Å². The first kappa shape index (κ1) is 19.7.